The van der Waals surface area contributed by atoms with Gasteiger partial charge in [-0.15, -0.1) is 0 Å². The number of fused-ring (bicyclic) bond motifs is 1. The van der Waals surface area contributed by atoms with Gasteiger partial charge in [-0.05, 0) is 36.8 Å². The molecule has 2 heterocycles. The first-order chi connectivity index (χ1) is 14.7. The van der Waals surface area contributed by atoms with Crippen LogP contribution in [0.15, 0.2) is 47.4 Å². The standard InChI is InChI=1S/C22H22F3N3O2S/c1-27(13-14-12-22(14,24)25)19-8-7-15(31(29,30)28-9-4-10-28)11-17(19)21-20(23)16-5-2-3-6-18(16)26-21/h2-3,5-8,11,14,26H,4,9-10,12-13H2,1H3/t14-/m1/s1. The molecule has 1 aromatic heterocycles. The van der Waals surface area contributed by atoms with Crippen LogP contribution in [0.3, 0.4) is 0 Å². The van der Waals surface area contributed by atoms with Crippen molar-refractivity contribution in [2.75, 3.05) is 31.6 Å². The Morgan fingerprint density at radius 1 is 1.19 bits per heavy atom. The summed E-state index contributed by atoms with van der Waals surface area (Å²) < 4.78 is 69.5. The van der Waals surface area contributed by atoms with Crippen molar-refractivity contribution in [1.29, 1.82) is 0 Å². The molecule has 1 aliphatic carbocycles. The van der Waals surface area contributed by atoms with E-state index in [2.05, 4.69) is 4.98 Å². The maximum Gasteiger partial charge on any atom is 0.253 e. The van der Waals surface area contributed by atoms with E-state index in [0.29, 0.717) is 35.2 Å². The van der Waals surface area contributed by atoms with E-state index < -0.39 is 27.7 Å². The molecule has 0 amide bonds. The summed E-state index contributed by atoms with van der Waals surface area (Å²) in [6.45, 7) is 1.01. The average Bonchev–Trinajstić information content (AvgIpc) is 3.13. The molecule has 5 nitrogen and oxygen atoms in total. The molecule has 0 unspecified atom stereocenters. The molecule has 3 aromatic rings. The Labute approximate surface area is 178 Å². The average molecular weight is 449 g/mol. The van der Waals surface area contributed by atoms with Crippen LogP contribution in [0, 0.1) is 11.7 Å². The van der Waals surface area contributed by atoms with Crippen molar-refractivity contribution in [3.63, 3.8) is 0 Å². The quantitative estimate of drug-likeness (QED) is 0.605. The molecular formula is C22H22F3N3O2S. The lowest BCUT2D eigenvalue weighted by Crippen LogP contribution is -2.41. The summed E-state index contributed by atoms with van der Waals surface area (Å²) in [6.07, 6.45) is 0.633. The third kappa shape index (κ3) is 3.40. The van der Waals surface area contributed by atoms with Crippen LogP contribution in [-0.4, -0.2) is 50.3 Å². The number of anilines is 1. The monoisotopic (exact) mass is 449 g/mol. The highest BCUT2D eigenvalue weighted by Crippen LogP contribution is 2.49. The molecule has 1 aliphatic heterocycles. The van der Waals surface area contributed by atoms with Gasteiger partial charge in [-0.1, -0.05) is 12.1 Å². The second-order valence-corrected chi connectivity index (χ2v) is 10.3. The highest BCUT2D eigenvalue weighted by atomic mass is 32.2. The van der Waals surface area contributed by atoms with Crippen LogP contribution >= 0.6 is 0 Å². The molecule has 5 rings (SSSR count). The van der Waals surface area contributed by atoms with E-state index in [-0.39, 0.29) is 23.6 Å². The van der Waals surface area contributed by atoms with Crippen molar-refractivity contribution in [3.8, 4) is 11.3 Å². The number of rotatable bonds is 6. The van der Waals surface area contributed by atoms with Crippen molar-refractivity contribution >= 4 is 26.6 Å². The van der Waals surface area contributed by atoms with Crippen molar-refractivity contribution in [2.45, 2.75) is 23.7 Å². The van der Waals surface area contributed by atoms with Gasteiger partial charge in [0.25, 0.3) is 5.92 Å². The van der Waals surface area contributed by atoms with Crippen molar-refractivity contribution in [2.24, 2.45) is 5.92 Å². The van der Waals surface area contributed by atoms with E-state index in [9.17, 15) is 17.2 Å². The SMILES string of the molecule is CN(C[C@H]1CC1(F)F)c1ccc(S(=O)(=O)N2CCC2)cc1-c1[nH]c2ccccc2c1F. The van der Waals surface area contributed by atoms with E-state index in [4.69, 9.17) is 0 Å². The molecule has 2 aliphatic rings. The summed E-state index contributed by atoms with van der Waals surface area (Å²) in [4.78, 5) is 4.75. The summed E-state index contributed by atoms with van der Waals surface area (Å²) in [5, 5.41) is 0.385. The fourth-order valence-electron chi connectivity index (χ4n) is 4.08. The fraction of sp³-hybridized carbons (Fsp3) is 0.364. The zero-order valence-corrected chi connectivity index (χ0v) is 17.7. The van der Waals surface area contributed by atoms with E-state index in [0.717, 1.165) is 6.42 Å². The number of para-hydroxylation sites is 1. The predicted octanol–water partition coefficient (Wildman–Crippen LogP) is 4.46. The van der Waals surface area contributed by atoms with E-state index in [1.54, 1.807) is 42.3 Å². The Hall–Kier alpha value is -2.52. The van der Waals surface area contributed by atoms with Crippen molar-refractivity contribution in [3.05, 3.63) is 48.3 Å². The van der Waals surface area contributed by atoms with Gasteiger partial charge in [0.2, 0.25) is 10.0 Å². The van der Waals surface area contributed by atoms with Gasteiger partial charge in [-0.3, -0.25) is 0 Å². The molecule has 1 saturated carbocycles. The Balaban J connectivity index is 1.63. The number of alkyl halides is 2. The van der Waals surface area contributed by atoms with Gasteiger partial charge in [-0.25, -0.2) is 21.6 Å². The maximum atomic E-state index is 15.3. The van der Waals surface area contributed by atoms with Gasteiger partial charge >= 0.3 is 0 Å². The summed E-state index contributed by atoms with van der Waals surface area (Å²) in [5.74, 6) is -3.94. The summed E-state index contributed by atoms with van der Waals surface area (Å²) in [5.41, 5.74) is 1.55. The smallest absolute Gasteiger partial charge is 0.253 e. The van der Waals surface area contributed by atoms with Gasteiger partial charge < -0.3 is 9.88 Å². The number of hydrogen-bond donors (Lipinski definition) is 1. The number of sulfonamides is 1. The van der Waals surface area contributed by atoms with E-state index in [1.165, 1.54) is 16.4 Å². The molecule has 1 N–H and O–H groups in total. The minimum atomic E-state index is -3.69. The number of nitrogens with zero attached hydrogens (tertiary/aromatic N) is 2. The van der Waals surface area contributed by atoms with E-state index in [1.807, 2.05) is 0 Å². The predicted molar refractivity (Wildman–Crippen MR) is 113 cm³/mol. The number of halogens is 3. The van der Waals surface area contributed by atoms with Crippen LogP contribution in [0.2, 0.25) is 0 Å². The Kier molecular flexibility index (Phi) is 4.60. The van der Waals surface area contributed by atoms with Crippen LogP contribution in [0.25, 0.3) is 22.2 Å². The lowest BCUT2D eigenvalue weighted by molar-refractivity contribution is 0.100. The third-order valence-electron chi connectivity index (χ3n) is 6.19. The number of aromatic nitrogens is 1. The Bertz CT molecular complexity index is 1270. The van der Waals surface area contributed by atoms with Crippen LogP contribution in [0.4, 0.5) is 18.9 Å². The molecular weight excluding hydrogens is 427 g/mol. The minimum Gasteiger partial charge on any atom is -0.374 e. The topological polar surface area (TPSA) is 56.4 Å². The summed E-state index contributed by atoms with van der Waals surface area (Å²) >= 11 is 0. The van der Waals surface area contributed by atoms with Gasteiger partial charge in [0.05, 0.1) is 10.6 Å². The van der Waals surface area contributed by atoms with Gasteiger partial charge in [0.15, 0.2) is 5.82 Å². The number of benzene rings is 2. The lowest BCUT2D eigenvalue weighted by Gasteiger charge is -2.30. The molecule has 31 heavy (non-hydrogen) atoms. The van der Waals surface area contributed by atoms with Crippen molar-refractivity contribution < 1.29 is 21.6 Å². The Morgan fingerprint density at radius 3 is 2.52 bits per heavy atom. The maximum absolute atomic E-state index is 15.3. The van der Waals surface area contributed by atoms with Gasteiger partial charge in [0.1, 0.15) is 0 Å². The third-order valence-corrected chi connectivity index (χ3v) is 8.09. The lowest BCUT2D eigenvalue weighted by atomic mass is 10.1. The zero-order chi connectivity index (χ0) is 22.0. The van der Waals surface area contributed by atoms with Crippen molar-refractivity contribution in [1.82, 2.24) is 9.29 Å². The van der Waals surface area contributed by atoms with E-state index >= 15 is 4.39 Å². The highest BCUT2D eigenvalue weighted by Gasteiger charge is 2.57. The molecule has 0 bridgehead atoms. The van der Waals surface area contributed by atoms with Crippen LogP contribution < -0.4 is 4.90 Å². The second-order valence-electron chi connectivity index (χ2n) is 8.34. The second kappa shape index (κ2) is 7.00. The van der Waals surface area contributed by atoms with Crippen LogP contribution in [0.1, 0.15) is 12.8 Å². The highest BCUT2D eigenvalue weighted by molar-refractivity contribution is 7.89. The molecule has 1 atom stereocenters. The molecule has 2 aromatic carbocycles. The fourth-order valence-corrected chi connectivity index (χ4v) is 5.62. The molecule has 0 radical (unpaired) electrons. The number of H-pyrrole nitrogens is 1. The van der Waals surface area contributed by atoms with Crippen LogP contribution in [0.5, 0.6) is 0 Å². The largest absolute Gasteiger partial charge is 0.374 e. The normalized spacial score (nSPS) is 20.6. The number of hydrogen-bond acceptors (Lipinski definition) is 3. The zero-order valence-electron chi connectivity index (χ0n) is 16.9. The molecule has 9 heteroatoms. The van der Waals surface area contributed by atoms with Gasteiger partial charge in [-0.2, -0.15) is 4.31 Å². The first-order valence-corrected chi connectivity index (χ1v) is 11.6. The minimum absolute atomic E-state index is 0.0640. The molecule has 164 valence electrons. The molecule has 1 saturated heterocycles. The molecule has 0 spiro atoms. The first kappa shape index (κ1) is 20.4. The number of nitrogens with one attached hydrogen (secondary N) is 1. The Morgan fingerprint density at radius 2 is 1.90 bits per heavy atom. The van der Waals surface area contributed by atoms with Gasteiger partial charge in [0, 0.05) is 61.2 Å². The number of aromatic amines is 1. The van der Waals surface area contributed by atoms with Crippen LogP contribution in [-0.2, 0) is 10.0 Å². The first-order valence-electron chi connectivity index (χ1n) is 10.2. The summed E-state index contributed by atoms with van der Waals surface area (Å²) in [6, 6.07) is 11.3. The summed E-state index contributed by atoms with van der Waals surface area (Å²) in [7, 11) is -2.02. The molecule has 2 fully saturated rings.